The van der Waals surface area contributed by atoms with Crippen LogP contribution in [0.1, 0.15) is 27.7 Å². The highest BCUT2D eigenvalue weighted by atomic mass is 16.6. The SMILES string of the molecule is [C-]#[N+]C/C=C/[C@@](C)(NC(=O)OC(C)(C)C)C(=O)OC. The highest BCUT2D eigenvalue weighted by Gasteiger charge is 2.35. The molecule has 6 heteroatoms. The van der Waals surface area contributed by atoms with Gasteiger partial charge in [0, 0.05) is 0 Å². The molecule has 0 aliphatic heterocycles. The number of carbonyl (C=O) groups is 2. The van der Waals surface area contributed by atoms with Gasteiger partial charge in [0.2, 0.25) is 6.54 Å². The Labute approximate surface area is 113 Å². The first-order valence-corrected chi connectivity index (χ1v) is 5.75. The van der Waals surface area contributed by atoms with Crippen LogP contribution >= 0.6 is 0 Å². The molecule has 0 saturated heterocycles. The Hall–Kier alpha value is -2.03. The molecule has 0 aromatic rings. The lowest BCUT2D eigenvalue weighted by molar-refractivity contribution is -0.145. The number of esters is 1. The van der Waals surface area contributed by atoms with Crippen LogP contribution in [-0.2, 0) is 14.3 Å². The molecular formula is C13H20N2O4. The van der Waals surface area contributed by atoms with Gasteiger partial charge < -0.3 is 19.6 Å². The number of rotatable bonds is 4. The van der Waals surface area contributed by atoms with Crippen molar-refractivity contribution in [1.82, 2.24) is 5.32 Å². The fourth-order valence-electron chi connectivity index (χ4n) is 1.23. The lowest BCUT2D eigenvalue weighted by Crippen LogP contribution is -2.52. The van der Waals surface area contributed by atoms with Crippen LogP contribution < -0.4 is 5.32 Å². The lowest BCUT2D eigenvalue weighted by atomic mass is 10.0. The van der Waals surface area contributed by atoms with Crippen molar-refractivity contribution >= 4 is 12.1 Å². The lowest BCUT2D eigenvalue weighted by Gasteiger charge is -2.27. The third kappa shape index (κ3) is 6.46. The number of hydrogen-bond donors (Lipinski definition) is 1. The van der Waals surface area contributed by atoms with Crippen molar-refractivity contribution in [3.8, 4) is 0 Å². The number of methoxy groups -OCH3 is 1. The maximum atomic E-state index is 11.7. The van der Waals surface area contributed by atoms with Crippen LogP contribution in [0.4, 0.5) is 4.79 Å². The molecule has 0 fully saturated rings. The first kappa shape index (κ1) is 17.0. The molecule has 1 N–H and O–H groups in total. The molecule has 1 amide bonds. The van der Waals surface area contributed by atoms with Crippen molar-refractivity contribution < 1.29 is 19.1 Å². The van der Waals surface area contributed by atoms with E-state index in [-0.39, 0.29) is 6.54 Å². The van der Waals surface area contributed by atoms with Crippen LogP contribution in [0.15, 0.2) is 12.2 Å². The third-order valence-electron chi connectivity index (χ3n) is 2.02. The van der Waals surface area contributed by atoms with E-state index in [4.69, 9.17) is 11.3 Å². The zero-order chi connectivity index (χ0) is 15.1. The summed E-state index contributed by atoms with van der Waals surface area (Å²) in [7, 11) is 1.22. The molecule has 0 radical (unpaired) electrons. The van der Waals surface area contributed by atoms with Gasteiger partial charge in [-0.05, 0) is 39.8 Å². The van der Waals surface area contributed by atoms with E-state index in [0.29, 0.717) is 0 Å². The Morgan fingerprint density at radius 3 is 2.32 bits per heavy atom. The Kier molecular flexibility index (Phi) is 6.06. The maximum Gasteiger partial charge on any atom is 0.408 e. The maximum absolute atomic E-state index is 11.7. The smallest absolute Gasteiger partial charge is 0.408 e. The normalized spacial score (nSPS) is 14.3. The Morgan fingerprint density at radius 2 is 1.89 bits per heavy atom. The van der Waals surface area contributed by atoms with Gasteiger partial charge in [-0.15, -0.1) is 0 Å². The fraction of sp³-hybridized carbons (Fsp3) is 0.615. The second-order valence-corrected chi connectivity index (χ2v) is 5.06. The zero-order valence-corrected chi connectivity index (χ0v) is 11.9. The summed E-state index contributed by atoms with van der Waals surface area (Å²) in [5, 5.41) is 2.43. The van der Waals surface area contributed by atoms with Crippen molar-refractivity contribution in [3.63, 3.8) is 0 Å². The highest BCUT2D eigenvalue weighted by Crippen LogP contribution is 2.12. The van der Waals surface area contributed by atoms with Gasteiger partial charge in [0.05, 0.1) is 7.11 Å². The van der Waals surface area contributed by atoms with E-state index in [1.54, 1.807) is 20.8 Å². The summed E-state index contributed by atoms with van der Waals surface area (Å²) in [5.41, 5.74) is -2.02. The van der Waals surface area contributed by atoms with Crippen LogP contribution in [-0.4, -0.2) is 36.9 Å². The molecule has 1 atom stereocenters. The number of alkyl carbamates (subject to hydrolysis) is 1. The van der Waals surface area contributed by atoms with Gasteiger partial charge in [0.15, 0.2) is 5.54 Å². The molecular weight excluding hydrogens is 248 g/mol. The second-order valence-electron chi connectivity index (χ2n) is 5.06. The van der Waals surface area contributed by atoms with E-state index in [9.17, 15) is 9.59 Å². The summed E-state index contributed by atoms with van der Waals surface area (Å²) in [6, 6.07) is 0. The van der Waals surface area contributed by atoms with E-state index in [2.05, 4.69) is 14.9 Å². The molecule has 106 valence electrons. The third-order valence-corrected chi connectivity index (χ3v) is 2.02. The van der Waals surface area contributed by atoms with Crippen molar-refractivity contribution in [1.29, 1.82) is 0 Å². The van der Waals surface area contributed by atoms with Crippen LogP contribution in [0.25, 0.3) is 4.85 Å². The number of carbonyl (C=O) groups excluding carboxylic acids is 2. The average Bonchev–Trinajstić information content (AvgIpc) is 2.25. The van der Waals surface area contributed by atoms with E-state index in [1.165, 1.54) is 26.2 Å². The number of hydrogen-bond acceptors (Lipinski definition) is 4. The first-order chi connectivity index (χ1) is 8.64. The van der Waals surface area contributed by atoms with Gasteiger partial charge in [-0.2, -0.15) is 0 Å². The molecule has 0 aliphatic carbocycles. The Bertz CT molecular complexity index is 404. The van der Waals surface area contributed by atoms with Gasteiger partial charge in [-0.1, -0.05) is 0 Å². The zero-order valence-electron chi connectivity index (χ0n) is 11.9. The molecule has 0 aliphatic rings. The van der Waals surface area contributed by atoms with E-state index < -0.39 is 23.2 Å². The molecule has 6 nitrogen and oxygen atoms in total. The van der Waals surface area contributed by atoms with Crippen LogP contribution in [0.3, 0.4) is 0 Å². The molecule has 0 heterocycles. The van der Waals surface area contributed by atoms with E-state index in [1.807, 2.05) is 0 Å². The highest BCUT2D eigenvalue weighted by molar-refractivity contribution is 5.87. The quantitative estimate of drug-likeness (QED) is 0.480. The predicted octanol–water partition coefficient (Wildman–Crippen LogP) is 1.92. The molecule has 0 saturated carbocycles. The number of amides is 1. The summed E-state index contributed by atoms with van der Waals surface area (Å²) in [6.07, 6.45) is 2.18. The first-order valence-electron chi connectivity index (χ1n) is 5.75. The summed E-state index contributed by atoms with van der Waals surface area (Å²) in [4.78, 5) is 26.5. The van der Waals surface area contributed by atoms with Gasteiger partial charge >= 0.3 is 12.1 Å². The predicted molar refractivity (Wildman–Crippen MR) is 70.4 cm³/mol. The van der Waals surface area contributed by atoms with Crippen molar-refractivity contribution in [3.05, 3.63) is 23.6 Å². The summed E-state index contributed by atoms with van der Waals surface area (Å²) >= 11 is 0. The molecule has 0 spiro atoms. The Balaban J connectivity index is 4.93. The fourth-order valence-corrected chi connectivity index (χ4v) is 1.23. The van der Waals surface area contributed by atoms with Gasteiger partial charge in [-0.3, -0.25) is 0 Å². The van der Waals surface area contributed by atoms with Crippen LogP contribution in [0, 0.1) is 6.57 Å². The standard InChI is InChI=1S/C13H20N2O4/c1-12(2,3)19-11(17)15-13(4,10(16)18-6)8-7-9-14-5/h7-8H,9H2,1-4,6H3,(H,15,17)/b8-7+/t13-/m1/s1. The summed E-state index contributed by atoms with van der Waals surface area (Å²) in [5.74, 6) is -0.639. The summed E-state index contributed by atoms with van der Waals surface area (Å²) in [6.45, 7) is 13.4. The van der Waals surface area contributed by atoms with E-state index >= 15 is 0 Å². The Morgan fingerprint density at radius 1 is 1.32 bits per heavy atom. The van der Waals surface area contributed by atoms with Crippen LogP contribution in [0.5, 0.6) is 0 Å². The van der Waals surface area contributed by atoms with Crippen LogP contribution in [0.2, 0.25) is 0 Å². The minimum Gasteiger partial charge on any atom is -0.467 e. The number of nitrogens with zero attached hydrogens (tertiary/aromatic N) is 1. The van der Waals surface area contributed by atoms with E-state index in [0.717, 1.165) is 0 Å². The van der Waals surface area contributed by atoms with Gasteiger partial charge in [0.25, 0.3) is 0 Å². The topological polar surface area (TPSA) is 69.0 Å². The average molecular weight is 268 g/mol. The molecule has 0 unspecified atom stereocenters. The molecule has 0 bridgehead atoms. The molecule has 19 heavy (non-hydrogen) atoms. The molecule has 0 aromatic carbocycles. The monoisotopic (exact) mass is 268 g/mol. The van der Waals surface area contributed by atoms with Gasteiger partial charge in [-0.25, -0.2) is 16.2 Å². The second kappa shape index (κ2) is 6.78. The minimum atomic E-state index is -1.36. The molecule has 0 aromatic heterocycles. The molecule has 0 rings (SSSR count). The van der Waals surface area contributed by atoms with Gasteiger partial charge in [0.1, 0.15) is 5.60 Å². The number of ether oxygens (including phenoxy) is 2. The minimum absolute atomic E-state index is 0.114. The number of nitrogens with one attached hydrogen (secondary N) is 1. The van der Waals surface area contributed by atoms with Crippen molar-refractivity contribution in [2.75, 3.05) is 13.7 Å². The summed E-state index contributed by atoms with van der Waals surface area (Å²) < 4.78 is 9.72. The largest absolute Gasteiger partial charge is 0.467 e. The van der Waals surface area contributed by atoms with Crippen molar-refractivity contribution in [2.45, 2.75) is 38.8 Å². The van der Waals surface area contributed by atoms with Crippen molar-refractivity contribution in [2.24, 2.45) is 0 Å².